The van der Waals surface area contributed by atoms with Gasteiger partial charge in [-0.2, -0.15) is 0 Å². The average Bonchev–Trinajstić information content (AvgIpc) is 2.96. The first-order chi connectivity index (χ1) is 10.2. The van der Waals surface area contributed by atoms with Crippen molar-refractivity contribution in [2.45, 2.75) is 19.4 Å². The Hall–Kier alpha value is -2.30. The second-order valence-electron chi connectivity index (χ2n) is 5.38. The standard InChI is InChI=1S/C16H19N3O2/c1-11-4-3-5-13-14(6-8-17-15(11)13)18-12-7-9-19(10-12)16(20)21-2/h3-6,8,12H,7,9-10H2,1-2H3,(H,17,18). The molecule has 0 bridgehead atoms. The maximum Gasteiger partial charge on any atom is 0.409 e. The number of hydrogen-bond acceptors (Lipinski definition) is 4. The number of nitrogens with zero attached hydrogens (tertiary/aromatic N) is 2. The number of carbonyl (C=O) groups excluding carboxylic acids is 1. The zero-order valence-electron chi connectivity index (χ0n) is 12.3. The second-order valence-corrected chi connectivity index (χ2v) is 5.38. The van der Waals surface area contributed by atoms with Crippen molar-refractivity contribution in [3.63, 3.8) is 0 Å². The first-order valence-electron chi connectivity index (χ1n) is 7.13. The molecule has 21 heavy (non-hydrogen) atoms. The lowest BCUT2D eigenvalue weighted by Gasteiger charge is -2.17. The number of nitrogens with one attached hydrogen (secondary N) is 1. The van der Waals surface area contributed by atoms with Crippen LogP contribution in [0.1, 0.15) is 12.0 Å². The SMILES string of the molecule is COC(=O)N1CCC(Nc2ccnc3c(C)cccc23)C1. The summed E-state index contributed by atoms with van der Waals surface area (Å²) in [7, 11) is 1.42. The van der Waals surface area contributed by atoms with Crippen LogP contribution in [-0.2, 0) is 4.74 Å². The molecule has 1 aliphatic heterocycles. The van der Waals surface area contributed by atoms with Crippen molar-refractivity contribution in [2.75, 3.05) is 25.5 Å². The van der Waals surface area contributed by atoms with Gasteiger partial charge in [0.15, 0.2) is 0 Å². The molecule has 0 radical (unpaired) electrons. The third-order valence-electron chi connectivity index (χ3n) is 3.95. The summed E-state index contributed by atoms with van der Waals surface area (Å²) < 4.78 is 4.77. The van der Waals surface area contributed by atoms with Gasteiger partial charge in [0.2, 0.25) is 0 Å². The number of hydrogen-bond donors (Lipinski definition) is 1. The summed E-state index contributed by atoms with van der Waals surface area (Å²) in [5.41, 5.74) is 3.25. The number of aromatic nitrogens is 1. The molecule has 5 heteroatoms. The lowest BCUT2D eigenvalue weighted by molar-refractivity contribution is 0.133. The summed E-state index contributed by atoms with van der Waals surface area (Å²) in [6.45, 7) is 3.46. The zero-order chi connectivity index (χ0) is 14.8. The van der Waals surface area contributed by atoms with Crippen molar-refractivity contribution in [1.82, 2.24) is 9.88 Å². The molecule has 0 saturated carbocycles. The molecule has 1 atom stereocenters. The first-order valence-corrected chi connectivity index (χ1v) is 7.13. The van der Waals surface area contributed by atoms with E-state index in [1.807, 2.05) is 18.3 Å². The average molecular weight is 285 g/mol. The molecule has 1 aromatic carbocycles. The molecule has 0 spiro atoms. The van der Waals surface area contributed by atoms with Crippen LogP contribution >= 0.6 is 0 Å². The van der Waals surface area contributed by atoms with Crippen LogP contribution in [0.15, 0.2) is 30.5 Å². The minimum atomic E-state index is -0.255. The molecule has 2 aromatic rings. The Kier molecular flexibility index (Phi) is 3.64. The van der Waals surface area contributed by atoms with E-state index in [0.29, 0.717) is 6.54 Å². The number of aryl methyl sites for hydroxylation is 1. The van der Waals surface area contributed by atoms with Crippen molar-refractivity contribution >= 4 is 22.7 Å². The van der Waals surface area contributed by atoms with Crippen LogP contribution in [0.3, 0.4) is 0 Å². The van der Waals surface area contributed by atoms with Gasteiger partial charge in [0.05, 0.1) is 12.6 Å². The maximum absolute atomic E-state index is 11.5. The Morgan fingerprint density at radius 2 is 2.29 bits per heavy atom. The van der Waals surface area contributed by atoms with Crippen LogP contribution in [0.4, 0.5) is 10.5 Å². The van der Waals surface area contributed by atoms with Crippen molar-refractivity contribution in [3.05, 3.63) is 36.0 Å². The molecule has 0 aliphatic carbocycles. The van der Waals surface area contributed by atoms with Gasteiger partial charge in [-0.3, -0.25) is 4.98 Å². The van der Waals surface area contributed by atoms with Gasteiger partial charge in [0.1, 0.15) is 0 Å². The summed E-state index contributed by atoms with van der Waals surface area (Å²) in [4.78, 5) is 17.7. The Morgan fingerprint density at radius 3 is 3.10 bits per heavy atom. The lowest BCUT2D eigenvalue weighted by atomic mass is 10.1. The van der Waals surface area contributed by atoms with Crippen molar-refractivity contribution in [2.24, 2.45) is 0 Å². The van der Waals surface area contributed by atoms with Crippen LogP contribution in [0.25, 0.3) is 10.9 Å². The summed E-state index contributed by atoms with van der Waals surface area (Å²) in [6, 6.07) is 8.41. The molecule has 110 valence electrons. The number of pyridine rings is 1. The fourth-order valence-corrected chi connectivity index (χ4v) is 2.84. The van der Waals surface area contributed by atoms with Crippen LogP contribution in [0.2, 0.25) is 0 Å². The highest BCUT2D eigenvalue weighted by molar-refractivity contribution is 5.93. The van der Waals surface area contributed by atoms with E-state index >= 15 is 0 Å². The highest BCUT2D eigenvalue weighted by Crippen LogP contribution is 2.25. The van der Waals surface area contributed by atoms with Crippen molar-refractivity contribution in [3.8, 4) is 0 Å². The fraction of sp³-hybridized carbons (Fsp3) is 0.375. The minimum absolute atomic E-state index is 0.246. The smallest absolute Gasteiger partial charge is 0.409 e. The molecule has 1 unspecified atom stereocenters. The number of fused-ring (bicyclic) bond motifs is 1. The second kappa shape index (κ2) is 5.60. The first kappa shape index (κ1) is 13.7. The number of anilines is 1. The minimum Gasteiger partial charge on any atom is -0.453 e. The molecular weight excluding hydrogens is 266 g/mol. The highest BCUT2D eigenvalue weighted by Gasteiger charge is 2.26. The fourth-order valence-electron chi connectivity index (χ4n) is 2.84. The third-order valence-corrected chi connectivity index (χ3v) is 3.95. The number of likely N-dealkylation sites (tertiary alicyclic amines) is 1. The van der Waals surface area contributed by atoms with Gasteiger partial charge >= 0.3 is 6.09 Å². The molecule has 1 aromatic heterocycles. The Morgan fingerprint density at radius 1 is 1.43 bits per heavy atom. The van der Waals surface area contributed by atoms with E-state index in [4.69, 9.17) is 4.74 Å². The van der Waals surface area contributed by atoms with Crippen molar-refractivity contribution in [1.29, 1.82) is 0 Å². The molecule has 3 rings (SSSR count). The van der Waals surface area contributed by atoms with E-state index in [1.54, 1.807) is 4.90 Å². The van der Waals surface area contributed by atoms with E-state index < -0.39 is 0 Å². The quantitative estimate of drug-likeness (QED) is 0.922. The number of rotatable bonds is 2. The van der Waals surface area contributed by atoms with Crippen LogP contribution in [0.5, 0.6) is 0 Å². The van der Waals surface area contributed by atoms with Crippen LogP contribution in [-0.4, -0.2) is 42.2 Å². The van der Waals surface area contributed by atoms with Gasteiger partial charge in [-0.25, -0.2) is 4.79 Å². The molecule has 5 nitrogen and oxygen atoms in total. The van der Waals surface area contributed by atoms with Gasteiger partial charge in [-0.1, -0.05) is 18.2 Å². The third kappa shape index (κ3) is 2.63. The van der Waals surface area contributed by atoms with E-state index in [-0.39, 0.29) is 12.1 Å². The van der Waals surface area contributed by atoms with Gasteiger partial charge in [0.25, 0.3) is 0 Å². The van der Waals surface area contributed by atoms with E-state index in [2.05, 4.69) is 29.4 Å². The monoisotopic (exact) mass is 285 g/mol. The van der Waals surface area contributed by atoms with E-state index in [0.717, 1.165) is 29.6 Å². The largest absolute Gasteiger partial charge is 0.453 e. The molecular formula is C16H19N3O2. The lowest BCUT2D eigenvalue weighted by Crippen LogP contribution is -2.31. The van der Waals surface area contributed by atoms with E-state index in [9.17, 15) is 4.79 Å². The van der Waals surface area contributed by atoms with Gasteiger partial charge in [-0.05, 0) is 25.0 Å². The summed E-state index contributed by atoms with van der Waals surface area (Å²) in [6.07, 6.45) is 2.49. The number of ether oxygens (including phenoxy) is 1. The molecule has 1 aliphatic rings. The number of benzene rings is 1. The highest BCUT2D eigenvalue weighted by atomic mass is 16.5. The van der Waals surface area contributed by atoms with Gasteiger partial charge < -0.3 is 15.0 Å². The summed E-state index contributed by atoms with van der Waals surface area (Å²) >= 11 is 0. The number of carbonyl (C=O) groups is 1. The predicted octanol–water partition coefficient (Wildman–Crippen LogP) is 2.80. The Labute approximate surface area is 123 Å². The molecule has 1 fully saturated rings. The Balaban J connectivity index is 1.80. The molecule has 1 saturated heterocycles. The molecule has 1 amide bonds. The van der Waals surface area contributed by atoms with Crippen molar-refractivity contribution < 1.29 is 9.53 Å². The number of amides is 1. The zero-order valence-corrected chi connectivity index (χ0v) is 12.3. The predicted molar refractivity (Wildman–Crippen MR) is 82.5 cm³/mol. The Bertz CT molecular complexity index is 672. The topological polar surface area (TPSA) is 54.5 Å². The number of para-hydroxylation sites is 1. The number of methoxy groups -OCH3 is 1. The van der Waals surface area contributed by atoms with Gasteiger partial charge in [0, 0.05) is 36.4 Å². The van der Waals surface area contributed by atoms with Crippen LogP contribution < -0.4 is 5.32 Å². The molecule has 1 N–H and O–H groups in total. The van der Waals surface area contributed by atoms with Crippen LogP contribution in [0, 0.1) is 6.92 Å². The maximum atomic E-state index is 11.5. The molecule has 2 heterocycles. The normalized spacial score (nSPS) is 18.0. The summed E-state index contributed by atoms with van der Waals surface area (Å²) in [5, 5.41) is 4.65. The van der Waals surface area contributed by atoms with E-state index in [1.165, 1.54) is 12.7 Å². The summed E-state index contributed by atoms with van der Waals surface area (Å²) in [5.74, 6) is 0. The van der Waals surface area contributed by atoms with Gasteiger partial charge in [-0.15, -0.1) is 0 Å².